The summed E-state index contributed by atoms with van der Waals surface area (Å²) in [4.78, 5) is 0. The first-order valence-electron chi connectivity index (χ1n) is 2.16. The number of hydrogen-bond donors (Lipinski definition) is 2. The molecule has 1 heterocycles. The number of aromatic nitrogens is 2. The van der Waals surface area contributed by atoms with Gasteiger partial charge in [-0.25, -0.2) is 0 Å². The van der Waals surface area contributed by atoms with Crippen LogP contribution in [0.5, 0.6) is 0 Å². The zero-order valence-corrected chi connectivity index (χ0v) is 6.83. The summed E-state index contributed by atoms with van der Waals surface area (Å²) in [6.07, 6.45) is 2.93. The summed E-state index contributed by atoms with van der Waals surface area (Å²) < 4.78 is 1.03. The fraction of sp³-hybridized carbons (Fsp3) is 0. The molecule has 0 aliphatic rings. The number of hydrogen-bond acceptors (Lipinski definition) is 3. The van der Waals surface area contributed by atoms with Crippen LogP contribution >= 0.6 is 0 Å². The van der Waals surface area contributed by atoms with Crippen molar-refractivity contribution < 1.29 is 30.2 Å². The maximum absolute atomic E-state index is 8.37. The van der Waals surface area contributed by atoms with Gasteiger partial charge >= 0.3 is 7.25 Å². The molecule has 1 aromatic rings. The van der Waals surface area contributed by atoms with Crippen LogP contribution in [0.4, 0.5) is 0 Å². The van der Waals surface area contributed by atoms with Gasteiger partial charge in [-0.15, -0.1) is 0 Å². The molecule has 0 aromatic carbocycles. The second-order valence-electron chi connectivity index (χ2n) is 1.33. The van der Waals surface area contributed by atoms with Crippen LogP contribution in [0.3, 0.4) is 0 Å². The molecule has 0 bridgehead atoms. The van der Waals surface area contributed by atoms with E-state index in [0.29, 0.717) is 0 Å². The minimum atomic E-state index is -1.51. The first kappa shape index (κ1) is 8.84. The molecule has 0 aliphatic carbocycles. The molecule has 0 atom stereocenters. The van der Waals surface area contributed by atoms with Crippen molar-refractivity contribution >= 4 is 7.25 Å². The Bertz CT molecular complexity index is 155. The van der Waals surface area contributed by atoms with Gasteiger partial charge < -0.3 is 10.0 Å². The summed E-state index contributed by atoms with van der Waals surface area (Å²) >= 11 is 0. The summed E-state index contributed by atoms with van der Waals surface area (Å²) in [7, 11) is -1.51. The zero-order valence-electron chi connectivity index (χ0n) is 4.43. The molecular formula is C3H5BIrN2O2. The Morgan fingerprint density at radius 2 is 2.11 bits per heavy atom. The molecule has 51 valence electrons. The summed E-state index contributed by atoms with van der Waals surface area (Å²) in [5.41, 5.74) is 0. The normalized spacial score (nSPS) is 8.22. The summed E-state index contributed by atoms with van der Waals surface area (Å²) in [5, 5.41) is 20.3. The Morgan fingerprint density at radius 3 is 2.33 bits per heavy atom. The Hall–Kier alpha value is -0.156. The van der Waals surface area contributed by atoms with Crippen molar-refractivity contribution in [2.45, 2.75) is 0 Å². The molecular weight excluding hydrogens is 299 g/mol. The van der Waals surface area contributed by atoms with Crippen LogP contribution in [0.2, 0.25) is 0 Å². The fourth-order valence-corrected chi connectivity index (χ4v) is 0.417. The van der Waals surface area contributed by atoms with E-state index in [2.05, 4.69) is 5.10 Å². The van der Waals surface area contributed by atoms with Gasteiger partial charge in [-0.1, -0.05) is 0 Å². The SMILES string of the molecule is OB(O)n1cccn1.[Ir]. The van der Waals surface area contributed by atoms with E-state index in [0.717, 1.165) is 4.59 Å². The predicted molar refractivity (Wildman–Crippen MR) is 27.8 cm³/mol. The average molecular weight is 304 g/mol. The van der Waals surface area contributed by atoms with Crippen LogP contribution in [0.1, 0.15) is 0 Å². The maximum atomic E-state index is 8.37. The van der Waals surface area contributed by atoms with Gasteiger partial charge in [-0.2, -0.15) is 5.10 Å². The van der Waals surface area contributed by atoms with Gasteiger partial charge in [0.25, 0.3) is 0 Å². The van der Waals surface area contributed by atoms with E-state index in [1.807, 2.05) is 0 Å². The third kappa shape index (κ3) is 2.28. The second-order valence-corrected chi connectivity index (χ2v) is 1.33. The standard InChI is InChI=1S/C3H5BN2O2.Ir/c7-4(8)6-3-1-2-5-6;/h1-3,7-8H;. The van der Waals surface area contributed by atoms with Crippen molar-refractivity contribution in [2.24, 2.45) is 0 Å². The van der Waals surface area contributed by atoms with Crippen molar-refractivity contribution in [1.29, 1.82) is 0 Å². The zero-order chi connectivity index (χ0) is 5.98. The van der Waals surface area contributed by atoms with Gasteiger partial charge in [0.05, 0.1) is 0 Å². The van der Waals surface area contributed by atoms with Crippen molar-refractivity contribution in [3.05, 3.63) is 18.5 Å². The number of rotatable bonds is 1. The third-order valence-electron chi connectivity index (χ3n) is 0.761. The molecule has 0 saturated heterocycles. The quantitative estimate of drug-likeness (QED) is 0.634. The van der Waals surface area contributed by atoms with Gasteiger partial charge in [0, 0.05) is 32.5 Å². The topological polar surface area (TPSA) is 58.3 Å². The van der Waals surface area contributed by atoms with Gasteiger partial charge in [0.1, 0.15) is 0 Å². The van der Waals surface area contributed by atoms with E-state index in [1.165, 1.54) is 12.4 Å². The van der Waals surface area contributed by atoms with Crippen LogP contribution in [-0.4, -0.2) is 27.0 Å². The Morgan fingerprint density at radius 1 is 1.44 bits per heavy atom. The predicted octanol–water partition coefficient (Wildman–Crippen LogP) is -1.30. The van der Waals surface area contributed by atoms with Crippen molar-refractivity contribution in [3.63, 3.8) is 0 Å². The largest absolute Gasteiger partial charge is 0.609 e. The summed E-state index contributed by atoms with van der Waals surface area (Å²) in [5.74, 6) is 0. The first-order chi connectivity index (χ1) is 3.80. The van der Waals surface area contributed by atoms with Crippen LogP contribution in [0.15, 0.2) is 18.5 Å². The third-order valence-corrected chi connectivity index (χ3v) is 0.761. The molecule has 4 nitrogen and oxygen atoms in total. The molecule has 0 aliphatic heterocycles. The summed E-state index contributed by atoms with van der Waals surface area (Å²) in [6, 6.07) is 1.61. The van der Waals surface area contributed by atoms with E-state index in [9.17, 15) is 0 Å². The fourth-order valence-electron chi connectivity index (χ4n) is 0.417. The minimum absolute atomic E-state index is 0. The van der Waals surface area contributed by atoms with Crippen LogP contribution in [0, 0.1) is 0 Å². The number of nitrogens with zero attached hydrogens (tertiary/aromatic N) is 2. The molecule has 1 radical (unpaired) electrons. The Labute approximate surface area is 66.0 Å². The van der Waals surface area contributed by atoms with Crippen LogP contribution in [0.25, 0.3) is 0 Å². The molecule has 0 spiro atoms. The van der Waals surface area contributed by atoms with Crippen LogP contribution < -0.4 is 0 Å². The molecule has 9 heavy (non-hydrogen) atoms. The van der Waals surface area contributed by atoms with E-state index in [1.54, 1.807) is 6.07 Å². The molecule has 1 rings (SSSR count). The molecule has 6 heteroatoms. The monoisotopic (exact) mass is 305 g/mol. The molecule has 0 fully saturated rings. The molecule has 0 amide bonds. The average Bonchev–Trinajstić information content (AvgIpc) is 2.12. The second kappa shape index (κ2) is 3.79. The molecule has 2 N–H and O–H groups in total. The van der Waals surface area contributed by atoms with Gasteiger partial charge in [-0.05, 0) is 6.07 Å². The Balaban J connectivity index is 0.000000640. The van der Waals surface area contributed by atoms with E-state index >= 15 is 0 Å². The minimum Gasteiger partial charge on any atom is -0.407 e. The first-order valence-corrected chi connectivity index (χ1v) is 2.16. The maximum Gasteiger partial charge on any atom is 0.609 e. The smallest absolute Gasteiger partial charge is 0.407 e. The van der Waals surface area contributed by atoms with Gasteiger partial charge in [-0.3, -0.25) is 4.59 Å². The van der Waals surface area contributed by atoms with Crippen molar-refractivity contribution in [1.82, 2.24) is 9.69 Å². The molecule has 1 aromatic heterocycles. The van der Waals surface area contributed by atoms with Gasteiger partial charge in [0.15, 0.2) is 0 Å². The Kier molecular flexibility index (Phi) is 3.73. The van der Waals surface area contributed by atoms with Crippen molar-refractivity contribution in [3.8, 4) is 0 Å². The molecule has 0 saturated carbocycles. The van der Waals surface area contributed by atoms with E-state index in [-0.39, 0.29) is 20.1 Å². The van der Waals surface area contributed by atoms with E-state index < -0.39 is 7.25 Å². The summed E-state index contributed by atoms with van der Waals surface area (Å²) in [6.45, 7) is 0. The molecule has 0 unspecified atom stereocenters. The van der Waals surface area contributed by atoms with Gasteiger partial charge in [0.2, 0.25) is 0 Å². The van der Waals surface area contributed by atoms with E-state index in [4.69, 9.17) is 10.0 Å². The van der Waals surface area contributed by atoms with Crippen LogP contribution in [-0.2, 0) is 20.1 Å². The van der Waals surface area contributed by atoms with Crippen molar-refractivity contribution in [2.75, 3.05) is 0 Å².